The van der Waals surface area contributed by atoms with Gasteiger partial charge >= 0.3 is 6.18 Å². The lowest BCUT2D eigenvalue weighted by molar-refractivity contribution is -0.159. The lowest BCUT2D eigenvalue weighted by Crippen LogP contribution is -2.65. The SMILES string of the molecule is CN(C)[C@@H]1C(O)=C(C(N)=O)C2CCO[C@@]23C(=O)C2=C(O)c4c(O)cc(CN(CC5CC5)CC(C)(C)C)c(C(F)(F)F)c4C[C@H]2C[C@@H]13. The largest absolute Gasteiger partial charge is 0.510 e. The molecule has 5 atom stereocenters. The molecular formula is C34H44F3N3O6. The lowest BCUT2D eigenvalue weighted by atomic mass is 9.54. The van der Waals surface area contributed by atoms with Gasteiger partial charge in [0.15, 0.2) is 5.78 Å². The molecule has 6 rings (SSSR count). The van der Waals surface area contributed by atoms with Gasteiger partial charge in [-0.2, -0.15) is 13.2 Å². The summed E-state index contributed by atoms with van der Waals surface area (Å²) >= 11 is 0. The number of Topliss-reactive ketones (excluding diaryl/α,β-unsaturated/α-hetero) is 1. The number of fused-ring (bicyclic) bond motifs is 2. The van der Waals surface area contributed by atoms with Crippen molar-refractivity contribution in [3.63, 3.8) is 0 Å². The Hall–Kier alpha value is -3.09. The topological polar surface area (TPSA) is 137 Å². The first-order chi connectivity index (χ1) is 21.4. The molecule has 3 fully saturated rings. The Morgan fingerprint density at radius 2 is 1.80 bits per heavy atom. The van der Waals surface area contributed by atoms with Crippen molar-refractivity contribution in [2.24, 2.45) is 34.8 Å². The summed E-state index contributed by atoms with van der Waals surface area (Å²) in [6, 6.07) is 0.209. The second-order valence-electron chi connectivity index (χ2n) is 15.3. The van der Waals surface area contributed by atoms with Gasteiger partial charge in [0.05, 0.1) is 22.7 Å². The maximum Gasteiger partial charge on any atom is 0.417 e. The summed E-state index contributed by atoms with van der Waals surface area (Å²) in [7, 11) is 3.34. The highest BCUT2D eigenvalue weighted by atomic mass is 19.4. The summed E-state index contributed by atoms with van der Waals surface area (Å²) in [4.78, 5) is 30.8. The zero-order valence-electron chi connectivity index (χ0n) is 27.0. The predicted octanol–water partition coefficient (Wildman–Crippen LogP) is 4.72. The molecule has 1 aromatic rings. The van der Waals surface area contributed by atoms with E-state index in [0.29, 0.717) is 19.0 Å². The summed E-state index contributed by atoms with van der Waals surface area (Å²) in [6.07, 6.45) is -2.66. The highest BCUT2D eigenvalue weighted by Gasteiger charge is 2.68. The van der Waals surface area contributed by atoms with E-state index in [-0.39, 0.29) is 65.9 Å². The van der Waals surface area contributed by atoms with Gasteiger partial charge in [-0.05, 0) is 80.6 Å². The van der Waals surface area contributed by atoms with Crippen LogP contribution in [0.1, 0.15) is 68.7 Å². The summed E-state index contributed by atoms with van der Waals surface area (Å²) in [6.45, 7) is 7.37. The Kier molecular flexibility index (Phi) is 7.84. The molecule has 252 valence electrons. The molecule has 1 aromatic carbocycles. The molecule has 5 N–H and O–H groups in total. The number of phenolic OH excluding ortho intramolecular Hbond substituents is 1. The number of nitrogens with two attached hydrogens (primary N) is 1. The van der Waals surface area contributed by atoms with E-state index < -0.39 is 69.9 Å². The number of hydrogen-bond acceptors (Lipinski definition) is 8. The van der Waals surface area contributed by atoms with Gasteiger partial charge in [-0.3, -0.25) is 19.4 Å². The van der Waals surface area contributed by atoms with Crippen LogP contribution in [0.5, 0.6) is 5.75 Å². The number of nitrogens with zero attached hydrogens (tertiary/aromatic N) is 2. The van der Waals surface area contributed by atoms with Gasteiger partial charge in [0.25, 0.3) is 0 Å². The number of ketones is 1. The predicted molar refractivity (Wildman–Crippen MR) is 164 cm³/mol. The van der Waals surface area contributed by atoms with Crippen LogP contribution in [-0.4, -0.2) is 82.2 Å². The Morgan fingerprint density at radius 1 is 1.13 bits per heavy atom. The molecule has 2 saturated carbocycles. The van der Waals surface area contributed by atoms with Crippen LogP contribution >= 0.6 is 0 Å². The Bertz CT molecular complexity index is 1540. The van der Waals surface area contributed by atoms with Crippen LogP contribution in [0, 0.1) is 29.1 Å². The Morgan fingerprint density at radius 3 is 2.37 bits per heavy atom. The van der Waals surface area contributed by atoms with Crippen LogP contribution in [0.4, 0.5) is 13.2 Å². The number of ether oxygens (including phenoxy) is 1. The van der Waals surface area contributed by atoms with E-state index in [0.717, 1.165) is 18.9 Å². The van der Waals surface area contributed by atoms with E-state index in [1.165, 1.54) is 0 Å². The minimum Gasteiger partial charge on any atom is -0.510 e. The van der Waals surface area contributed by atoms with E-state index in [1.54, 1.807) is 19.0 Å². The van der Waals surface area contributed by atoms with E-state index in [2.05, 4.69) is 0 Å². The summed E-state index contributed by atoms with van der Waals surface area (Å²) < 4.78 is 51.4. The third-order valence-corrected chi connectivity index (χ3v) is 10.5. The highest BCUT2D eigenvalue weighted by molar-refractivity contribution is 6.11. The number of primary amides is 1. The van der Waals surface area contributed by atoms with Gasteiger partial charge in [-0.25, -0.2) is 0 Å². The molecule has 1 spiro atoms. The van der Waals surface area contributed by atoms with Crippen molar-refractivity contribution in [2.75, 3.05) is 33.8 Å². The zero-order chi connectivity index (χ0) is 33.7. The molecule has 9 nitrogen and oxygen atoms in total. The fourth-order valence-corrected chi connectivity index (χ4v) is 8.93. The third kappa shape index (κ3) is 5.20. The Labute approximate surface area is 266 Å². The minimum atomic E-state index is -4.80. The average Bonchev–Trinajstić information content (AvgIpc) is 3.60. The van der Waals surface area contributed by atoms with Crippen molar-refractivity contribution < 1.29 is 42.8 Å². The molecule has 46 heavy (non-hydrogen) atoms. The van der Waals surface area contributed by atoms with Gasteiger partial charge in [0, 0.05) is 43.7 Å². The number of alkyl halides is 3. The van der Waals surface area contributed by atoms with Crippen molar-refractivity contribution >= 4 is 17.4 Å². The smallest absolute Gasteiger partial charge is 0.417 e. The van der Waals surface area contributed by atoms with Crippen LogP contribution in [-0.2, 0) is 33.5 Å². The number of amides is 1. The van der Waals surface area contributed by atoms with Gasteiger partial charge in [0.2, 0.25) is 5.91 Å². The standard InChI is InChI=1S/C34H44F3N3O6/c1-32(2,3)15-40(13-16-6-7-16)14-18-12-22(41)24-19(26(18)34(35,36)37)10-17-11-21-27(39(4)5)29(43)25(31(38)45)20-8-9-46-33(20,21)30(44)23(17)28(24)42/h12,16-17,20-21,27,41-43H,6-11,13-15H2,1-5H3,(H2,38,45)/t17-,20?,21-,27-,33-/m0/s1. The van der Waals surface area contributed by atoms with Crippen molar-refractivity contribution in [2.45, 2.75) is 77.2 Å². The van der Waals surface area contributed by atoms with Crippen molar-refractivity contribution in [1.82, 2.24) is 9.80 Å². The van der Waals surface area contributed by atoms with E-state index in [4.69, 9.17) is 10.5 Å². The molecule has 1 amide bonds. The molecular weight excluding hydrogens is 603 g/mol. The quantitative estimate of drug-likeness (QED) is 0.334. The van der Waals surface area contributed by atoms with Gasteiger partial charge in [-0.1, -0.05) is 20.8 Å². The van der Waals surface area contributed by atoms with Crippen LogP contribution in [0.2, 0.25) is 0 Å². The number of aromatic hydroxyl groups is 1. The van der Waals surface area contributed by atoms with E-state index in [9.17, 15) is 24.9 Å². The molecule has 1 saturated heterocycles. The zero-order valence-corrected chi connectivity index (χ0v) is 27.0. The number of carbonyl (C=O) groups is 2. The van der Waals surface area contributed by atoms with E-state index >= 15 is 13.2 Å². The number of aliphatic hydroxyl groups excluding tert-OH is 2. The molecule has 1 aliphatic heterocycles. The number of halogens is 3. The molecule has 1 heterocycles. The monoisotopic (exact) mass is 647 g/mol. The minimum absolute atomic E-state index is 0.0249. The van der Waals surface area contributed by atoms with Crippen LogP contribution in [0.25, 0.3) is 5.76 Å². The molecule has 4 aliphatic carbocycles. The molecule has 1 unspecified atom stereocenters. The number of hydrogen-bond donors (Lipinski definition) is 4. The highest BCUT2D eigenvalue weighted by Crippen LogP contribution is 2.59. The second kappa shape index (κ2) is 11.0. The molecule has 12 heteroatoms. The van der Waals surface area contributed by atoms with Crippen LogP contribution < -0.4 is 5.73 Å². The summed E-state index contributed by atoms with van der Waals surface area (Å²) in [5, 5.41) is 34.2. The first kappa shape index (κ1) is 32.8. The molecule has 5 aliphatic rings. The number of benzene rings is 1. The average molecular weight is 648 g/mol. The van der Waals surface area contributed by atoms with Crippen molar-refractivity contribution in [3.8, 4) is 5.75 Å². The van der Waals surface area contributed by atoms with Gasteiger partial charge < -0.3 is 25.8 Å². The number of likely N-dealkylation sites (N-methyl/N-ethyl adjacent to an activating group) is 1. The first-order valence-corrected chi connectivity index (χ1v) is 16.1. The fourth-order valence-electron chi connectivity index (χ4n) is 8.93. The van der Waals surface area contributed by atoms with Crippen molar-refractivity contribution in [3.05, 3.63) is 45.2 Å². The lowest BCUT2D eigenvalue weighted by Gasteiger charge is -2.54. The number of aliphatic hydroxyl groups is 2. The summed E-state index contributed by atoms with van der Waals surface area (Å²) in [5.41, 5.74) is 2.07. The molecule has 0 aromatic heterocycles. The normalized spacial score (nSPS) is 29.7. The van der Waals surface area contributed by atoms with Gasteiger partial charge in [0.1, 0.15) is 22.9 Å². The number of rotatable bonds is 7. The molecule has 0 radical (unpaired) electrons. The van der Waals surface area contributed by atoms with Crippen LogP contribution in [0.3, 0.4) is 0 Å². The maximum atomic E-state index is 15.1. The second-order valence-corrected chi connectivity index (χ2v) is 15.3. The molecule has 0 bridgehead atoms. The number of carbonyl (C=O) groups excluding carboxylic acids is 2. The maximum absolute atomic E-state index is 15.1. The van der Waals surface area contributed by atoms with Gasteiger partial charge in [-0.15, -0.1) is 0 Å². The Balaban J connectivity index is 1.50. The third-order valence-electron chi connectivity index (χ3n) is 10.5. The number of phenols is 1. The van der Waals surface area contributed by atoms with Crippen molar-refractivity contribution in [1.29, 1.82) is 0 Å². The summed E-state index contributed by atoms with van der Waals surface area (Å²) in [5.74, 6) is -5.05. The fraction of sp³-hybridized carbons (Fsp3) is 0.647. The van der Waals surface area contributed by atoms with E-state index in [1.807, 2.05) is 25.7 Å². The van der Waals surface area contributed by atoms with Crippen LogP contribution in [0.15, 0.2) is 23.0 Å². The first-order valence-electron chi connectivity index (χ1n) is 16.1.